The van der Waals surface area contributed by atoms with Crippen molar-refractivity contribution < 1.29 is 14.6 Å². The van der Waals surface area contributed by atoms with Gasteiger partial charge in [-0.15, -0.1) is 0 Å². The van der Waals surface area contributed by atoms with Crippen LogP contribution in [0.15, 0.2) is 12.4 Å². The second-order valence-corrected chi connectivity index (χ2v) is 3.52. The molecule has 1 heterocycles. The summed E-state index contributed by atoms with van der Waals surface area (Å²) in [5.74, 6) is -0.668. The maximum Gasteiger partial charge on any atom is 0.339 e. The molecule has 0 saturated carbocycles. The lowest BCUT2D eigenvalue weighted by Gasteiger charge is -2.20. The maximum absolute atomic E-state index is 11.1. The van der Waals surface area contributed by atoms with Gasteiger partial charge in [0.2, 0.25) is 0 Å². The molecule has 1 aromatic rings. The molecule has 6 nitrogen and oxygen atoms in total. The monoisotopic (exact) mass is 213 g/mol. The molecule has 0 aliphatic rings. The number of aliphatic hydroxyl groups is 1. The number of aryl methyl sites for hydroxylation is 1. The number of carbonyl (C=O) groups excluding carboxylic acids is 1. The van der Waals surface area contributed by atoms with Crippen LogP contribution < -0.4 is 5.32 Å². The number of methoxy groups -OCH3 is 1. The minimum atomic E-state index is -1.54. The van der Waals surface area contributed by atoms with Gasteiger partial charge in [-0.1, -0.05) is 0 Å². The summed E-state index contributed by atoms with van der Waals surface area (Å²) >= 11 is 0. The Morgan fingerprint density at radius 2 is 2.47 bits per heavy atom. The normalized spacial score (nSPS) is 14.4. The Labute approximate surface area is 87.8 Å². The van der Waals surface area contributed by atoms with Crippen molar-refractivity contribution in [3.05, 3.63) is 12.4 Å². The van der Waals surface area contributed by atoms with E-state index in [0.717, 1.165) is 5.69 Å². The highest BCUT2D eigenvalue weighted by atomic mass is 16.5. The molecule has 0 bridgehead atoms. The van der Waals surface area contributed by atoms with Gasteiger partial charge in [0.05, 0.1) is 25.5 Å². The fourth-order valence-electron chi connectivity index (χ4n) is 1.08. The van der Waals surface area contributed by atoms with Gasteiger partial charge in [0.1, 0.15) is 0 Å². The Morgan fingerprint density at radius 3 is 2.93 bits per heavy atom. The minimum absolute atomic E-state index is 0.0748. The lowest BCUT2D eigenvalue weighted by molar-refractivity contribution is -0.158. The van der Waals surface area contributed by atoms with Gasteiger partial charge in [-0.2, -0.15) is 5.10 Å². The molecule has 0 spiro atoms. The molecule has 0 aromatic carbocycles. The highest BCUT2D eigenvalue weighted by molar-refractivity contribution is 5.79. The van der Waals surface area contributed by atoms with Crippen LogP contribution in [0.25, 0.3) is 0 Å². The van der Waals surface area contributed by atoms with Crippen LogP contribution in [0.1, 0.15) is 6.92 Å². The summed E-state index contributed by atoms with van der Waals surface area (Å²) in [6.45, 7) is 1.47. The van der Waals surface area contributed by atoms with Crippen molar-refractivity contribution in [2.75, 3.05) is 19.0 Å². The van der Waals surface area contributed by atoms with Crippen LogP contribution in [-0.4, -0.2) is 40.1 Å². The van der Waals surface area contributed by atoms with Gasteiger partial charge in [-0.05, 0) is 6.92 Å². The van der Waals surface area contributed by atoms with Gasteiger partial charge in [0.15, 0.2) is 5.60 Å². The highest BCUT2D eigenvalue weighted by Gasteiger charge is 2.31. The number of esters is 1. The summed E-state index contributed by atoms with van der Waals surface area (Å²) in [4.78, 5) is 11.1. The van der Waals surface area contributed by atoms with Gasteiger partial charge in [0, 0.05) is 13.2 Å². The van der Waals surface area contributed by atoms with Gasteiger partial charge in [0.25, 0.3) is 0 Å². The lowest BCUT2D eigenvalue weighted by Crippen LogP contribution is -2.42. The molecular formula is C9H15N3O3. The van der Waals surface area contributed by atoms with E-state index in [1.807, 2.05) is 0 Å². The SMILES string of the molecule is COC(=O)C(C)(O)CNc1cnn(C)c1. The molecule has 2 N–H and O–H groups in total. The largest absolute Gasteiger partial charge is 0.467 e. The van der Waals surface area contributed by atoms with Crippen molar-refractivity contribution in [1.82, 2.24) is 9.78 Å². The number of nitrogens with zero attached hydrogens (tertiary/aromatic N) is 2. The summed E-state index contributed by atoms with van der Waals surface area (Å²) in [6.07, 6.45) is 3.35. The van der Waals surface area contributed by atoms with Gasteiger partial charge >= 0.3 is 5.97 Å². The number of rotatable bonds is 4. The van der Waals surface area contributed by atoms with Crippen molar-refractivity contribution in [3.63, 3.8) is 0 Å². The first kappa shape index (κ1) is 11.5. The summed E-state index contributed by atoms with van der Waals surface area (Å²) in [5.41, 5.74) is -0.799. The van der Waals surface area contributed by atoms with Crippen molar-refractivity contribution >= 4 is 11.7 Å². The smallest absolute Gasteiger partial charge is 0.339 e. The Balaban J connectivity index is 2.53. The number of nitrogens with one attached hydrogen (secondary N) is 1. The molecule has 0 aliphatic carbocycles. The molecule has 0 aliphatic heterocycles. The van der Waals surface area contributed by atoms with E-state index in [9.17, 15) is 9.90 Å². The molecule has 1 rings (SSSR count). The van der Waals surface area contributed by atoms with Crippen LogP contribution in [0.5, 0.6) is 0 Å². The standard InChI is InChI=1S/C9H15N3O3/c1-9(14,8(13)15-3)6-10-7-4-11-12(2)5-7/h4-5,10,14H,6H2,1-3H3. The van der Waals surface area contributed by atoms with E-state index >= 15 is 0 Å². The van der Waals surface area contributed by atoms with E-state index in [2.05, 4.69) is 15.2 Å². The molecule has 0 fully saturated rings. The average Bonchev–Trinajstić information content (AvgIpc) is 2.60. The quantitative estimate of drug-likeness (QED) is 0.675. The Morgan fingerprint density at radius 1 is 1.80 bits per heavy atom. The molecule has 6 heteroatoms. The van der Waals surface area contributed by atoms with Crippen molar-refractivity contribution in [2.45, 2.75) is 12.5 Å². The van der Waals surface area contributed by atoms with Gasteiger partial charge < -0.3 is 15.2 Å². The van der Waals surface area contributed by atoms with Crippen LogP contribution >= 0.6 is 0 Å². The van der Waals surface area contributed by atoms with E-state index in [-0.39, 0.29) is 6.54 Å². The third-order valence-electron chi connectivity index (χ3n) is 1.97. The molecule has 0 saturated heterocycles. The second-order valence-electron chi connectivity index (χ2n) is 3.52. The third kappa shape index (κ3) is 2.95. The first-order valence-corrected chi connectivity index (χ1v) is 4.49. The number of hydrogen-bond donors (Lipinski definition) is 2. The Kier molecular flexibility index (Phi) is 3.31. The molecule has 1 aromatic heterocycles. The lowest BCUT2D eigenvalue weighted by atomic mass is 10.1. The summed E-state index contributed by atoms with van der Waals surface area (Å²) in [7, 11) is 3.02. The number of aromatic nitrogens is 2. The number of anilines is 1. The van der Waals surface area contributed by atoms with E-state index in [1.54, 1.807) is 24.1 Å². The first-order valence-electron chi connectivity index (χ1n) is 4.49. The van der Waals surface area contributed by atoms with Crippen LogP contribution in [0.4, 0.5) is 5.69 Å². The van der Waals surface area contributed by atoms with Crippen molar-refractivity contribution in [2.24, 2.45) is 7.05 Å². The maximum atomic E-state index is 11.1. The van der Waals surface area contributed by atoms with Crippen LogP contribution in [0.3, 0.4) is 0 Å². The topological polar surface area (TPSA) is 76.4 Å². The van der Waals surface area contributed by atoms with Crippen molar-refractivity contribution in [3.8, 4) is 0 Å². The minimum Gasteiger partial charge on any atom is -0.467 e. The predicted molar refractivity (Wildman–Crippen MR) is 54.3 cm³/mol. The van der Waals surface area contributed by atoms with Crippen LogP contribution in [-0.2, 0) is 16.6 Å². The van der Waals surface area contributed by atoms with Crippen LogP contribution in [0.2, 0.25) is 0 Å². The Hall–Kier alpha value is -1.56. The van der Waals surface area contributed by atoms with E-state index in [0.29, 0.717) is 0 Å². The molecule has 0 amide bonds. The fourth-order valence-corrected chi connectivity index (χ4v) is 1.08. The third-order valence-corrected chi connectivity index (χ3v) is 1.97. The number of ether oxygens (including phenoxy) is 1. The average molecular weight is 213 g/mol. The molecule has 1 unspecified atom stereocenters. The zero-order valence-electron chi connectivity index (χ0n) is 9.02. The van der Waals surface area contributed by atoms with Gasteiger partial charge in [-0.3, -0.25) is 4.68 Å². The molecular weight excluding hydrogens is 198 g/mol. The zero-order chi connectivity index (χ0) is 11.5. The Bertz CT molecular complexity index is 346. The van der Waals surface area contributed by atoms with Crippen molar-refractivity contribution in [1.29, 1.82) is 0 Å². The van der Waals surface area contributed by atoms with E-state index < -0.39 is 11.6 Å². The van der Waals surface area contributed by atoms with Gasteiger partial charge in [-0.25, -0.2) is 4.79 Å². The highest BCUT2D eigenvalue weighted by Crippen LogP contribution is 2.09. The first-order chi connectivity index (χ1) is 6.95. The molecule has 1 atom stereocenters. The van der Waals surface area contributed by atoms with Crippen LogP contribution in [0, 0.1) is 0 Å². The molecule has 84 valence electrons. The molecule has 0 radical (unpaired) electrons. The second kappa shape index (κ2) is 4.31. The summed E-state index contributed by atoms with van der Waals surface area (Å²) in [6, 6.07) is 0. The summed E-state index contributed by atoms with van der Waals surface area (Å²) < 4.78 is 6.08. The molecule has 15 heavy (non-hydrogen) atoms. The number of hydrogen-bond acceptors (Lipinski definition) is 5. The predicted octanol–water partition coefficient (Wildman–Crippen LogP) is -0.244. The fraction of sp³-hybridized carbons (Fsp3) is 0.556. The zero-order valence-corrected chi connectivity index (χ0v) is 9.02. The van der Waals surface area contributed by atoms with E-state index in [4.69, 9.17) is 0 Å². The van der Waals surface area contributed by atoms with E-state index in [1.165, 1.54) is 14.0 Å². The number of carbonyl (C=O) groups is 1. The summed E-state index contributed by atoms with van der Waals surface area (Å²) in [5, 5.41) is 16.5.